The molecule has 0 heterocycles. The first-order valence-corrected chi connectivity index (χ1v) is 6.90. The Morgan fingerprint density at radius 1 is 1.41 bits per heavy atom. The summed E-state index contributed by atoms with van der Waals surface area (Å²) in [7, 11) is 1.69. The quantitative estimate of drug-likeness (QED) is 0.698. The van der Waals surface area contributed by atoms with Crippen LogP contribution in [-0.4, -0.2) is 37.2 Å². The van der Waals surface area contributed by atoms with Gasteiger partial charge in [-0.3, -0.25) is 0 Å². The van der Waals surface area contributed by atoms with Crippen molar-refractivity contribution >= 4 is 11.8 Å². The van der Waals surface area contributed by atoms with Gasteiger partial charge >= 0.3 is 0 Å². The molecule has 1 aromatic rings. The molecule has 0 aromatic heterocycles. The SMILES string of the molecule is CCNC(CCO)CSc1ccccc1OC. The van der Waals surface area contributed by atoms with Gasteiger partial charge in [0.1, 0.15) is 5.75 Å². The Bertz CT molecular complexity index is 314. The summed E-state index contributed by atoms with van der Waals surface area (Å²) in [5.74, 6) is 1.85. The van der Waals surface area contributed by atoms with Crippen LogP contribution in [-0.2, 0) is 0 Å². The molecule has 2 N–H and O–H groups in total. The molecule has 96 valence electrons. The highest BCUT2D eigenvalue weighted by molar-refractivity contribution is 7.99. The molecule has 0 fully saturated rings. The molecule has 0 spiro atoms. The zero-order chi connectivity index (χ0) is 12.5. The van der Waals surface area contributed by atoms with Gasteiger partial charge in [-0.05, 0) is 25.1 Å². The number of hydrogen-bond acceptors (Lipinski definition) is 4. The molecule has 1 rings (SSSR count). The summed E-state index contributed by atoms with van der Waals surface area (Å²) in [6, 6.07) is 8.36. The number of benzene rings is 1. The Labute approximate surface area is 108 Å². The van der Waals surface area contributed by atoms with Crippen LogP contribution in [0.25, 0.3) is 0 Å². The smallest absolute Gasteiger partial charge is 0.132 e. The Morgan fingerprint density at radius 2 is 2.18 bits per heavy atom. The third kappa shape index (κ3) is 4.98. The topological polar surface area (TPSA) is 41.5 Å². The molecule has 0 aliphatic rings. The van der Waals surface area contributed by atoms with Gasteiger partial charge in [0.2, 0.25) is 0 Å². The van der Waals surface area contributed by atoms with Crippen LogP contribution < -0.4 is 10.1 Å². The van der Waals surface area contributed by atoms with Crippen molar-refractivity contribution in [2.45, 2.75) is 24.3 Å². The molecular weight excluding hydrogens is 234 g/mol. The minimum Gasteiger partial charge on any atom is -0.496 e. The fourth-order valence-electron chi connectivity index (χ4n) is 1.62. The normalized spacial score (nSPS) is 12.4. The molecule has 1 aromatic carbocycles. The number of methoxy groups -OCH3 is 1. The predicted octanol–water partition coefficient (Wildman–Crippen LogP) is 2.15. The van der Waals surface area contributed by atoms with Crippen molar-refractivity contribution in [3.8, 4) is 5.75 Å². The number of nitrogens with one attached hydrogen (secondary N) is 1. The lowest BCUT2D eigenvalue weighted by atomic mass is 10.2. The van der Waals surface area contributed by atoms with E-state index in [1.165, 1.54) is 0 Å². The molecule has 0 radical (unpaired) electrons. The monoisotopic (exact) mass is 255 g/mol. The van der Waals surface area contributed by atoms with E-state index < -0.39 is 0 Å². The van der Waals surface area contributed by atoms with Crippen LogP contribution in [0.1, 0.15) is 13.3 Å². The van der Waals surface area contributed by atoms with E-state index in [0.29, 0.717) is 6.04 Å². The van der Waals surface area contributed by atoms with Crippen LogP contribution in [0.5, 0.6) is 5.75 Å². The molecule has 4 heteroatoms. The van der Waals surface area contributed by atoms with Crippen molar-refractivity contribution in [1.29, 1.82) is 0 Å². The maximum atomic E-state index is 8.99. The van der Waals surface area contributed by atoms with E-state index in [-0.39, 0.29) is 6.61 Å². The van der Waals surface area contributed by atoms with Gasteiger partial charge in [-0.25, -0.2) is 0 Å². The van der Waals surface area contributed by atoms with Crippen molar-refractivity contribution in [3.63, 3.8) is 0 Å². The van der Waals surface area contributed by atoms with E-state index in [9.17, 15) is 0 Å². The lowest BCUT2D eigenvalue weighted by Gasteiger charge is -2.16. The van der Waals surface area contributed by atoms with E-state index in [2.05, 4.69) is 18.3 Å². The summed E-state index contributed by atoms with van der Waals surface area (Å²) < 4.78 is 5.31. The fourth-order valence-corrected chi connectivity index (χ4v) is 2.75. The lowest BCUT2D eigenvalue weighted by Crippen LogP contribution is -2.32. The molecular formula is C13H21NO2S. The zero-order valence-electron chi connectivity index (χ0n) is 10.5. The number of thioether (sulfide) groups is 1. The van der Waals surface area contributed by atoms with Crippen molar-refractivity contribution in [1.82, 2.24) is 5.32 Å². The van der Waals surface area contributed by atoms with Gasteiger partial charge in [-0.2, -0.15) is 0 Å². The lowest BCUT2D eigenvalue weighted by molar-refractivity contribution is 0.271. The summed E-state index contributed by atoms with van der Waals surface area (Å²) in [6.45, 7) is 3.24. The Kier molecular flexibility index (Phi) is 7.08. The van der Waals surface area contributed by atoms with E-state index in [4.69, 9.17) is 9.84 Å². The third-order valence-electron chi connectivity index (χ3n) is 2.48. The largest absolute Gasteiger partial charge is 0.496 e. The summed E-state index contributed by atoms with van der Waals surface area (Å²) >= 11 is 1.76. The van der Waals surface area contributed by atoms with Crippen LogP contribution in [0.2, 0.25) is 0 Å². The molecule has 1 atom stereocenters. The van der Waals surface area contributed by atoms with Gasteiger partial charge in [-0.1, -0.05) is 19.1 Å². The molecule has 1 unspecified atom stereocenters. The minimum absolute atomic E-state index is 0.226. The maximum Gasteiger partial charge on any atom is 0.132 e. The van der Waals surface area contributed by atoms with Crippen LogP contribution in [0.15, 0.2) is 29.2 Å². The number of rotatable bonds is 8. The molecule has 0 aliphatic carbocycles. The van der Waals surface area contributed by atoms with Crippen LogP contribution in [0, 0.1) is 0 Å². The van der Waals surface area contributed by atoms with Crippen molar-refractivity contribution in [2.75, 3.05) is 26.0 Å². The maximum absolute atomic E-state index is 8.99. The third-order valence-corrected chi connectivity index (χ3v) is 3.70. The number of aliphatic hydroxyl groups excluding tert-OH is 1. The van der Waals surface area contributed by atoms with Gasteiger partial charge in [0, 0.05) is 23.3 Å². The summed E-state index contributed by atoms with van der Waals surface area (Å²) in [4.78, 5) is 1.15. The highest BCUT2D eigenvalue weighted by Gasteiger charge is 2.09. The van der Waals surface area contributed by atoms with Crippen molar-refractivity contribution < 1.29 is 9.84 Å². The summed E-state index contributed by atoms with van der Waals surface area (Å²) in [6.07, 6.45) is 0.788. The zero-order valence-corrected chi connectivity index (χ0v) is 11.3. The van der Waals surface area contributed by atoms with Crippen LogP contribution >= 0.6 is 11.8 Å². The molecule has 0 aliphatic heterocycles. The van der Waals surface area contributed by atoms with Crippen LogP contribution in [0.4, 0.5) is 0 Å². The fraction of sp³-hybridized carbons (Fsp3) is 0.538. The number of hydrogen-bond donors (Lipinski definition) is 2. The first kappa shape index (κ1) is 14.4. The molecule has 0 amide bonds. The Hall–Kier alpha value is -0.710. The summed E-state index contributed by atoms with van der Waals surface area (Å²) in [5.41, 5.74) is 0. The number of aliphatic hydroxyl groups is 1. The van der Waals surface area contributed by atoms with E-state index >= 15 is 0 Å². The van der Waals surface area contributed by atoms with Crippen LogP contribution in [0.3, 0.4) is 0 Å². The number of ether oxygens (including phenoxy) is 1. The van der Waals surface area contributed by atoms with Gasteiger partial charge in [0.15, 0.2) is 0 Å². The Morgan fingerprint density at radius 3 is 2.82 bits per heavy atom. The molecule has 17 heavy (non-hydrogen) atoms. The van der Waals surface area contributed by atoms with Gasteiger partial charge in [0.25, 0.3) is 0 Å². The average Bonchev–Trinajstić information content (AvgIpc) is 2.37. The number of para-hydroxylation sites is 1. The van der Waals surface area contributed by atoms with Gasteiger partial charge < -0.3 is 15.2 Å². The first-order valence-electron chi connectivity index (χ1n) is 5.91. The predicted molar refractivity (Wildman–Crippen MR) is 72.9 cm³/mol. The molecule has 3 nitrogen and oxygen atoms in total. The van der Waals surface area contributed by atoms with E-state index in [1.807, 2.05) is 18.2 Å². The van der Waals surface area contributed by atoms with E-state index in [0.717, 1.165) is 29.4 Å². The second-order valence-corrected chi connectivity index (χ2v) is 4.79. The molecule has 0 saturated carbocycles. The van der Waals surface area contributed by atoms with E-state index in [1.54, 1.807) is 18.9 Å². The standard InChI is InChI=1S/C13H21NO2S/c1-3-14-11(8-9-15)10-17-13-7-5-4-6-12(13)16-2/h4-7,11,14-15H,3,8-10H2,1-2H3. The van der Waals surface area contributed by atoms with Crippen molar-refractivity contribution in [3.05, 3.63) is 24.3 Å². The highest BCUT2D eigenvalue weighted by atomic mass is 32.2. The Balaban J connectivity index is 2.52. The molecule has 0 saturated heterocycles. The first-order chi connectivity index (χ1) is 8.31. The van der Waals surface area contributed by atoms with Crippen molar-refractivity contribution in [2.24, 2.45) is 0 Å². The van der Waals surface area contributed by atoms with Gasteiger partial charge in [-0.15, -0.1) is 11.8 Å². The molecule has 0 bridgehead atoms. The second kappa shape index (κ2) is 8.39. The summed E-state index contributed by atoms with van der Waals surface area (Å²) in [5, 5.41) is 12.4. The highest BCUT2D eigenvalue weighted by Crippen LogP contribution is 2.29. The second-order valence-electron chi connectivity index (χ2n) is 3.73. The van der Waals surface area contributed by atoms with Gasteiger partial charge in [0.05, 0.1) is 7.11 Å². The average molecular weight is 255 g/mol. The minimum atomic E-state index is 0.226.